The Hall–Kier alpha value is -0.120. The highest BCUT2D eigenvalue weighted by atomic mass is 16.5. The van der Waals surface area contributed by atoms with Gasteiger partial charge in [0.05, 0.1) is 12.7 Å². The van der Waals surface area contributed by atoms with Crippen molar-refractivity contribution in [2.24, 2.45) is 5.92 Å². The van der Waals surface area contributed by atoms with Crippen LogP contribution in [-0.2, 0) is 4.74 Å². The monoisotopic (exact) mass is 272 g/mol. The first-order chi connectivity index (χ1) is 9.22. The smallest absolute Gasteiger partial charge is 0.0702 e. The number of hydrogen-bond acceptors (Lipinski definition) is 3. The molecule has 0 saturated carbocycles. The average Bonchev–Trinajstić information content (AvgIpc) is 2.40. The molecule has 0 amide bonds. The van der Waals surface area contributed by atoms with Gasteiger partial charge in [-0.3, -0.25) is 4.90 Å². The normalized spacial score (nSPS) is 20.2. The second-order valence-electron chi connectivity index (χ2n) is 5.60. The molecule has 1 rings (SSSR count). The molecule has 0 bridgehead atoms. The van der Waals surface area contributed by atoms with Crippen molar-refractivity contribution in [1.82, 2.24) is 10.2 Å². The molecule has 3 nitrogen and oxygen atoms in total. The van der Waals surface area contributed by atoms with E-state index in [-0.39, 0.29) is 0 Å². The Bertz CT molecular complexity index is 186. The van der Waals surface area contributed by atoms with E-state index in [9.17, 15) is 0 Å². The highest BCUT2D eigenvalue weighted by Gasteiger charge is 2.20. The van der Waals surface area contributed by atoms with Crippen molar-refractivity contribution in [3.63, 3.8) is 0 Å². The molecule has 1 aliphatic heterocycles. The van der Waals surface area contributed by atoms with Crippen molar-refractivity contribution in [3.05, 3.63) is 0 Å². The number of nitrogens with zero attached hydrogens (tertiary/aromatic N) is 1. The molecule has 1 N–H and O–H groups in total. The third kappa shape index (κ3) is 10.3. The van der Waals surface area contributed by atoms with Crippen LogP contribution in [0.1, 0.15) is 53.4 Å². The van der Waals surface area contributed by atoms with Gasteiger partial charge >= 0.3 is 0 Å². The van der Waals surface area contributed by atoms with Crippen LogP contribution in [0.15, 0.2) is 0 Å². The number of morpholine rings is 1. The lowest BCUT2D eigenvalue weighted by Gasteiger charge is -2.34. The van der Waals surface area contributed by atoms with Crippen molar-refractivity contribution in [3.8, 4) is 0 Å². The summed E-state index contributed by atoms with van der Waals surface area (Å²) in [4.78, 5) is 2.56. The first-order valence-corrected chi connectivity index (χ1v) is 8.21. The molecule has 1 fully saturated rings. The Morgan fingerprint density at radius 1 is 1.21 bits per heavy atom. The molecule has 0 aromatic rings. The lowest BCUT2D eigenvalue weighted by atomic mass is 10.1. The molecule has 3 heteroatoms. The van der Waals surface area contributed by atoms with Crippen LogP contribution in [0, 0.1) is 5.92 Å². The molecule has 116 valence electrons. The summed E-state index contributed by atoms with van der Waals surface area (Å²) in [6, 6.07) is 0. The van der Waals surface area contributed by atoms with E-state index in [2.05, 4.69) is 24.1 Å². The number of hydrogen-bond donors (Lipinski definition) is 1. The number of ether oxygens (including phenoxy) is 1. The molecule has 1 aliphatic rings. The average molecular weight is 272 g/mol. The largest absolute Gasteiger partial charge is 0.376 e. The van der Waals surface area contributed by atoms with Crippen molar-refractivity contribution < 1.29 is 4.74 Å². The molecular weight excluding hydrogens is 236 g/mol. The summed E-state index contributed by atoms with van der Waals surface area (Å²) in [5.41, 5.74) is 0. The quantitative estimate of drug-likeness (QED) is 0.687. The summed E-state index contributed by atoms with van der Waals surface area (Å²) in [5.74, 6) is 0.768. The highest BCUT2D eigenvalue weighted by Crippen LogP contribution is 2.13. The van der Waals surface area contributed by atoms with Gasteiger partial charge < -0.3 is 10.1 Å². The zero-order valence-electron chi connectivity index (χ0n) is 13.9. The van der Waals surface area contributed by atoms with Crippen LogP contribution in [0.2, 0.25) is 0 Å². The molecule has 0 aromatic heterocycles. The number of rotatable bonds is 8. The van der Waals surface area contributed by atoms with E-state index in [1.54, 1.807) is 0 Å². The van der Waals surface area contributed by atoms with E-state index in [4.69, 9.17) is 4.74 Å². The molecule has 0 spiro atoms. The van der Waals surface area contributed by atoms with Crippen molar-refractivity contribution in [2.45, 2.75) is 59.5 Å². The summed E-state index contributed by atoms with van der Waals surface area (Å²) in [5, 5.41) is 3.20. The van der Waals surface area contributed by atoms with Crippen LogP contribution in [0.4, 0.5) is 0 Å². The maximum Gasteiger partial charge on any atom is 0.0702 e. The first kappa shape index (κ1) is 18.9. The fourth-order valence-electron chi connectivity index (χ4n) is 2.49. The third-order valence-corrected chi connectivity index (χ3v) is 3.30. The van der Waals surface area contributed by atoms with Gasteiger partial charge in [-0.2, -0.15) is 0 Å². The molecule has 0 aliphatic carbocycles. The zero-order chi connectivity index (χ0) is 14.5. The van der Waals surface area contributed by atoms with Gasteiger partial charge in [0.15, 0.2) is 0 Å². The third-order valence-electron chi connectivity index (χ3n) is 3.30. The Labute approximate surface area is 121 Å². The predicted molar refractivity (Wildman–Crippen MR) is 84.8 cm³/mol. The lowest BCUT2D eigenvalue weighted by Crippen LogP contribution is -2.43. The zero-order valence-corrected chi connectivity index (χ0v) is 13.9. The summed E-state index contributed by atoms with van der Waals surface area (Å²) >= 11 is 0. The van der Waals surface area contributed by atoms with Crippen LogP contribution >= 0.6 is 0 Å². The van der Waals surface area contributed by atoms with Gasteiger partial charge in [-0.15, -0.1) is 0 Å². The van der Waals surface area contributed by atoms with Gasteiger partial charge in [0.25, 0.3) is 0 Å². The maximum absolute atomic E-state index is 5.84. The van der Waals surface area contributed by atoms with Crippen molar-refractivity contribution in [2.75, 3.05) is 39.8 Å². The van der Waals surface area contributed by atoms with E-state index in [1.165, 1.54) is 32.2 Å². The minimum atomic E-state index is 0.483. The van der Waals surface area contributed by atoms with Gasteiger partial charge in [-0.25, -0.2) is 0 Å². The molecule has 1 unspecified atom stereocenters. The molecule has 1 saturated heterocycles. The Morgan fingerprint density at radius 2 is 1.95 bits per heavy atom. The Morgan fingerprint density at radius 3 is 2.58 bits per heavy atom. The molecule has 19 heavy (non-hydrogen) atoms. The molecule has 0 radical (unpaired) electrons. The Kier molecular flexibility index (Phi) is 12.8. The minimum absolute atomic E-state index is 0.483. The second-order valence-corrected chi connectivity index (χ2v) is 5.60. The Balaban J connectivity index is 0.00000154. The summed E-state index contributed by atoms with van der Waals surface area (Å²) in [6.45, 7) is 14.1. The summed E-state index contributed by atoms with van der Waals surface area (Å²) in [7, 11) is 2.02. The van der Waals surface area contributed by atoms with E-state index in [1.807, 2.05) is 20.9 Å². The minimum Gasteiger partial charge on any atom is -0.376 e. The fourth-order valence-corrected chi connectivity index (χ4v) is 2.49. The summed E-state index contributed by atoms with van der Waals surface area (Å²) < 4.78 is 5.84. The van der Waals surface area contributed by atoms with Gasteiger partial charge in [0, 0.05) is 19.6 Å². The van der Waals surface area contributed by atoms with E-state index in [0.29, 0.717) is 6.10 Å². The van der Waals surface area contributed by atoms with E-state index < -0.39 is 0 Å². The standard InChI is InChI=1S/C14H30N2O.C2H6/c1-13(2)11-16-9-10-17-14(12-16)7-5-4-6-8-15-3;1-2/h13-15H,4-12H2,1-3H3;1-2H3. The molecular formula is C16H36N2O. The van der Waals surface area contributed by atoms with Gasteiger partial charge in [0.1, 0.15) is 0 Å². The van der Waals surface area contributed by atoms with Crippen molar-refractivity contribution >= 4 is 0 Å². The molecule has 0 aromatic carbocycles. The van der Waals surface area contributed by atoms with Crippen LogP contribution < -0.4 is 5.32 Å². The first-order valence-electron chi connectivity index (χ1n) is 8.21. The van der Waals surface area contributed by atoms with Gasteiger partial charge in [-0.1, -0.05) is 40.5 Å². The fraction of sp³-hybridized carbons (Fsp3) is 1.00. The van der Waals surface area contributed by atoms with Crippen LogP contribution in [-0.4, -0.2) is 50.8 Å². The second kappa shape index (κ2) is 12.9. The van der Waals surface area contributed by atoms with Crippen LogP contribution in [0.3, 0.4) is 0 Å². The molecule has 1 heterocycles. The molecule has 1 atom stereocenters. The predicted octanol–water partition coefficient (Wildman–Crippen LogP) is 3.15. The van der Waals surface area contributed by atoms with E-state index in [0.717, 1.165) is 32.2 Å². The SMILES string of the molecule is CC.CNCCCCCC1CN(CC(C)C)CCO1. The topological polar surface area (TPSA) is 24.5 Å². The van der Waals surface area contributed by atoms with Gasteiger partial charge in [0.2, 0.25) is 0 Å². The van der Waals surface area contributed by atoms with Crippen molar-refractivity contribution in [1.29, 1.82) is 0 Å². The maximum atomic E-state index is 5.84. The van der Waals surface area contributed by atoms with Gasteiger partial charge in [-0.05, 0) is 32.4 Å². The summed E-state index contributed by atoms with van der Waals surface area (Å²) in [6.07, 6.45) is 5.64. The highest BCUT2D eigenvalue weighted by molar-refractivity contribution is 4.72. The lowest BCUT2D eigenvalue weighted by molar-refractivity contribution is -0.0360. The van der Waals surface area contributed by atoms with Crippen LogP contribution in [0.25, 0.3) is 0 Å². The van der Waals surface area contributed by atoms with Crippen LogP contribution in [0.5, 0.6) is 0 Å². The number of nitrogens with one attached hydrogen (secondary N) is 1. The van der Waals surface area contributed by atoms with E-state index >= 15 is 0 Å². The number of unbranched alkanes of at least 4 members (excludes halogenated alkanes) is 2.